The molecule has 0 aliphatic rings. The Balaban J connectivity index is 2.14. The summed E-state index contributed by atoms with van der Waals surface area (Å²) in [5, 5.41) is 5.56. The van der Waals surface area contributed by atoms with Crippen LogP contribution in [0, 0.1) is 0 Å². The third kappa shape index (κ3) is 5.86. The molecule has 0 saturated carbocycles. The molecular formula is C24H20F6N4O. The zero-order valence-electron chi connectivity index (χ0n) is 18.2. The molecule has 1 amide bonds. The van der Waals surface area contributed by atoms with E-state index in [1.54, 1.807) is 42.5 Å². The summed E-state index contributed by atoms with van der Waals surface area (Å²) in [5.41, 5.74) is 10.1. The maximum absolute atomic E-state index is 13.2. The van der Waals surface area contributed by atoms with E-state index in [2.05, 4.69) is 10.6 Å². The average Bonchev–Trinajstić information content (AvgIpc) is 2.82. The van der Waals surface area contributed by atoms with Crippen molar-refractivity contribution in [2.24, 2.45) is 11.5 Å². The summed E-state index contributed by atoms with van der Waals surface area (Å²) in [4.78, 5) is 11.7. The minimum Gasteiger partial charge on any atom is -0.398 e. The van der Waals surface area contributed by atoms with Crippen LogP contribution in [0.15, 0.2) is 66.7 Å². The fourth-order valence-electron chi connectivity index (χ4n) is 3.30. The monoisotopic (exact) mass is 494 g/mol. The molecule has 0 saturated heterocycles. The lowest BCUT2D eigenvalue weighted by Gasteiger charge is -2.15. The van der Waals surface area contributed by atoms with Crippen LogP contribution in [0.1, 0.15) is 27.0 Å². The van der Waals surface area contributed by atoms with Gasteiger partial charge in [0.15, 0.2) is 0 Å². The first-order valence-corrected chi connectivity index (χ1v) is 10.0. The highest BCUT2D eigenvalue weighted by atomic mass is 19.4. The number of nitrogens with one attached hydrogen (secondary N) is 2. The molecular weight excluding hydrogens is 474 g/mol. The number of hydrogen-bond donors (Lipinski definition) is 4. The number of hydrogen-bond acceptors (Lipinski definition) is 4. The number of anilines is 1. The number of carbonyl (C=O) groups excluding carboxylic acids is 1. The van der Waals surface area contributed by atoms with E-state index in [-0.39, 0.29) is 28.7 Å². The van der Waals surface area contributed by atoms with E-state index in [0.717, 1.165) is 0 Å². The zero-order valence-corrected chi connectivity index (χ0v) is 18.2. The van der Waals surface area contributed by atoms with E-state index in [1.165, 1.54) is 13.1 Å². The molecule has 35 heavy (non-hydrogen) atoms. The molecule has 0 radical (unpaired) electrons. The molecule has 0 fully saturated rings. The molecule has 11 heteroatoms. The van der Waals surface area contributed by atoms with Crippen molar-refractivity contribution >= 4 is 23.1 Å². The molecule has 0 aliphatic heterocycles. The van der Waals surface area contributed by atoms with Gasteiger partial charge in [0.1, 0.15) is 5.82 Å². The average molecular weight is 494 g/mol. The Kier molecular flexibility index (Phi) is 6.99. The van der Waals surface area contributed by atoms with E-state index >= 15 is 0 Å². The first-order chi connectivity index (χ1) is 16.3. The van der Waals surface area contributed by atoms with Crippen LogP contribution in [0.3, 0.4) is 0 Å². The molecule has 0 unspecified atom stereocenters. The van der Waals surface area contributed by atoms with Gasteiger partial charge in [-0.15, -0.1) is 0 Å². The number of benzene rings is 3. The lowest BCUT2D eigenvalue weighted by molar-refractivity contribution is -0.143. The molecule has 0 atom stereocenters. The first kappa shape index (κ1) is 25.5. The molecule has 5 nitrogen and oxygen atoms in total. The second-order valence-corrected chi connectivity index (χ2v) is 7.45. The lowest BCUT2D eigenvalue weighted by Crippen LogP contribution is -2.36. The van der Waals surface area contributed by atoms with Crippen molar-refractivity contribution in [2.75, 3.05) is 12.4 Å². The van der Waals surface area contributed by atoms with Gasteiger partial charge >= 0.3 is 12.4 Å². The Bertz CT molecular complexity index is 1330. The summed E-state index contributed by atoms with van der Waals surface area (Å²) < 4.78 is 79.1. The molecule has 0 heterocycles. The van der Waals surface area contributed by atoms with E-state index in [4.69, 9.17) is 11.5 Å². The summed E-state index contributed by atoms with van der Waals surface area (Å²) in [6.07, 6.45) is -9.99. The molecule has 3 rings (SSSR count). The quantitative estimate of drug-likeness (QED) is 0.419. The summed E-state index contributed by atoms with van der Waals surface area (Å²) >= 11 is 0. The van der Waals surface area contributed by atoms with Crippen LogP contribution < -0.4 is 32.5 Å². The van der Waals surface area contributed by atoms with Gasteiger partial charge in [-0.3, -0.25) is 4.79 Å². The highest BCUT2D eigenvalue weighted by molar-refractivity contribution is 5.94. The van der Waals surface area contributed by atoms with Crippen LogP contribution in [-0.4, -0.2) is 13.0 Å². The molecule has 0 spiro atoms. The van der Waals surface area contributed by atoms with E-state index in [9.17, 15) is 31.1 Å². The Hall–Kier alpha value is -4.15. The van der Waals surface area contributed by atoms with E-state index in [0.29, 0.717) is 28.5 Å². The predicted molar refractivity (Wildman–Crippen MR) is 120 cm³/mol. The maximum atomic E-state index is 13.2. The molecule has 6 N–H and O–H groups in total. The van der Waals surface area contributed by atoms with Crippen LogP contribution in [0.25, 0.3) is 11.5 Å². The van der Waals surface area contributed by atoms with Crippen LogP contribution in [-0.2, 0) is 12.4 Å². The van der Waals surface area contributed by atoms with E-state index < -0.39 is 29.2 Å². The highest BCUT2D eigenvalue weighted by Crippen LogP contribution is 2.37. The van der Waals surface area contributed by atoms with Crippen molar-refractivity contribution < 1.29 is 31.1 Å². The Morgan fingerprint density at radius 2 is 1.23 bits per heavy atom. The van der Waals surface area contributed by atoms with Crippen molar-refractivity contribution in [1.29, 1.82) is 0 Å². The summed E-state index contributed by atoms with van der Waals surface area (Å²) in [6.45, 7) is 0. The topological polar surface area (TPSA) is 93.2 Å². The van der Waals surface area contributed by atoms with Gasteiger partial charge in [-0.1, -0.05) is 36.4 Å². The molecule has 3 aromatic rings. The van der Waals surface area contributed by atoms with Gasteiger partial charge in [0.05, 0.1) is 11.1 Å². The second kappa shape index (κ2) is 9.61. The number of amides is 1. The first-order valence-electron chi connectivity index (χ1n) is 10.0. The fraction of sp³-hybridized carbons (Fsp3) is 0.125. The normalized spacial score (nSPS) is 13.7. The number of nitrogens with two attached hydrogens (primary N) is 2. The zero-order chi connectivity index (χ0) is 26.0. The fourth-order valence-corrected chi connectivity index (χ4v) is 3.30. The largest absolute Gasteiger partial charge is 0.416 e. The van der Waals surface area contributed by atoms with Crippen molar-refractivity contribution in [3.8, 4) is 0 Å². The SMILES string of the molecule is CNC(=O)c1ccc(/C(N)=c2\cccc\c2=C(\N)Nc2cc(C(F)(F)F)cc(C(F)(F)F)c2)cc1. The molecule has 3 aromatic carbocycles. The van der Waals surface area contributed by atoms with Gasteiger partial charge in [0.2, 0.25) is 0 Å². The van der Waals surface area contributed by atoms with E-state index in [1.807, 2.05) is 0 Å². The number of carbonyl (C=O) groups is 1. The van der Waals surface area contributed by atoms with Gasteiger partial charge in [-0.2, -0.15) is 26.3 Å². The van der Waals surface area contributed by atoms with Crippen molar-refractivity contribution in [3.05, 3.63) is 99.4 Å². The van der Waals surface area contributed by atoms with Crippen molar-refractivity contribution in [1.82, 2.24) is 5.32 Å². The van der Waals surface area contributed by atoms with Gasteiger partial charge < -0.3 is 22.1 Å². The predicted octanol–water partition coefficient (Wildman–Crippen LogP) is 3.34. The smallest absolute Gasteiger partial charge is 0.398 e. The Morgan fingerprint density at radius 3 is 1.71 bits per heavy atom. The van der Waals surface area contributed by atoms with Crippen molar-refractivity contribution in [2.45, 2.75) is 12.4 Å². The molecule has 0 aliphatic carbocycles. The highest BCUT2D eigenvalue weighted by Gasteiger charge is 2.37. The van der Waals surface area contributed by atoms with Crippen LogP contribution in [0.4, 0.5) is 32.0 Å². The third-order valence-electron chi connectivity index (χ3n) is 5.06. The minimum atomic E-state index is -5.00. The van der Waals surface area contributed by atoms with Gasteiger partial charge in [-0.05, 0) is 35.9 Å². The van der Waals surface area contributed by atoms with Crippen LogP contribution in [0.2, 0.25) is 0 Å². The maximum Gasteiger partial charge on any atom is 0.416 e. The van der Waals surface area contributed by atoms with Crippen LogP contribution in [0.5, 0.6) is 0 Å². The summed E-state index contributed by atoms with van der Waals surface area (Å²) in [5.74, 6) is -0.505. The second-order valence-electron chi connectivity index (χ2n) is 7.45. The Morgan fingerprint density at radius 1 is 0.743 bits per heavy atom. The molecule has 0 aromatic heterocycles. The molecule has 184 valence electrons. The number of halogens is 6. The molecule has 0 bridgehead atoms. The van der Waals surface area contributed by atoms with Gasteiger partial charge in [0.25, 0.3) is 5.91 Å². The lowest BCUT2D eigenvalue weighted by atomic mass is 10.1. The summed E-state index contributed by atoms with van der Waals surface area (Å²) in [7, 11) is 1.49. The number of rotatable bonds is 4. The number of alkyl halides is 6. The van der Waals surface area contributed by atoms with Gasteiger partial charge in [0, 0.05) is 34.4 Å². The third-order valence-corrected chi connectivity index (χ3v) is 5.06. The van der Waals surface area contributed by atoms with Crippen LogP contribution >= 0.6 is 0 Å². The Labute approximate surface area is 195 Å². The minimum absolute atomic E-state index is 0.0313. The standard InChI is InChI=1S/C24H20F6N4O/c1-33-22(35)14-8-6-13(7-9-14)20(31)18-4-2-3-5-19(18)21(32)34-17-11-15(23(25,26)27)10-16(12-17)24(28,29)30/h2-12,34H,31-32H2,1H3,(H,33,35)/b20-18-,21-19+. The van der Waals surface area contributed by atoms with Gasteiger partial charge in [-0.25, -0.2) is 0 Å². The summed E-state index contributed by atoms with van der Waals surface area (Å²) in [6, 6.07) is 13.7. The van der Waals surface area contributed by atoms with Crippen molar-refractivity contribution in [3.63, 3.8) is 0 Å².